The van der Waals surface area contributed by atoms with E-state index in [2.05, 4.69) is 40.0 Å². The van der Waals surface area contributed by atoms with Crippen molar-refractivity contribution in [3.63, 3.8) is 0 Å². The summed E-state index contributed by atoms with van der Waals surface area (Å²) in [5.41, 5.74) is 0.977. The number of esters is 1. The van der Waals surface area contributed by atoms with E-state index in [1.807, 2.05) is 32.2 Å². The number of hydrogen-bond donors (Lipinski definition) is 0. The average molecular weight is 420 g/mol. The van der Waals surface area contributed by atoms with Crippen molar-refractivity contribution in [2.75, 3.05) is 0 Å². The van der Waals surface area contributed by atoms with Gasteiger partial charge in [0.25, 0.3) is 0 Å². The Labute approximate surface area is 165 Å². The van der Waals surface area contributed by atoms with Gasteiger partial charge in [-0.3, -0.25) is 9.78 Å². The first-order valence-electron chi connectivity index (χ1n) is 10.1. The maximum absolute atomic E-state index is 12.3. The highest BCUT2D eigenvalue weighted by Crippen LogP contribution is 2.53. The molecule has 6 atom stereocenters. The van der Waals surface area contributed by atoms with Crippen molar-refractivity contribution in [3.05, 3.63) is 34.6 Å². The van der Waals surface area contributed by atoms with E-state index in [9.17, 15) is 4.79 Å². The van der Waals surface area contributed by atoms with Crippen LogP contribution in [-0.4, -0.2) is 17.1 Å². The number of allylic oxidation sites excluding steroid dienone is 1. The van der Waals surface area contributed by atoms with Gasteiger partial charge in [0.15, 0.2) is 0 Å². The fourth-order valence-electron chi connectivity index (χ4n) is 5.28. The van der Waals surface area contributed by atoms with E-state index in [0.717, 1.165) is 16.6 Å². The van der Waals surface area contributed by atoms with Gasteiger partial charge in [0.1, 0.15) is 6.10 Å². The molecule has 4 heteroatoms. The van der Waals surface area contributed by atoms with E-state index in [1.165, 1.54) is 25.7 Å². The number of carbonyl (C=O) groups excluding carboxylic acids is 1. The quantitative estimate of drug-likeness (QED) is 0.561. The fraction of sp³-hybridized carbons (Fsp3) is 0.636. The van der Waals surface area contributed by atoms with Gasteiger partial charge in [-0.25, -0.2) is 0 Å². The van der Waals surface area contributed by atoms with Crippen molar-refractivity contribution in [2.24, 2.45) is 29.6 Å². The molecule has 0 radical (unpaired) electrons. The third-order valence-corrected chi connectivity index (χ3v) is 6.78. The summed E-state index contributed by atoms with van der Waals surface area (Å²) in [5, 5.41) is 0. The second kappa shape index (κ2) is 8.69. The van der Waals surface area contributed by atoms with E-state index in [-0.39, 0.29) is 18.0 Å². The third-order valence-electron chi connectivity index (χ3n) is 6.31. The molecule has 26 heavy (non-hydrogen) atoms. The molecule has 2 aliphatic carbocycles. The number of fused-ring (bicyclic) bond motifs is 2. The number of aromatic nitrogens is 1. The van der Waals surface area contributed by atoms with Crippen LogP contribution in [0.5, 0.6) is 0 Å². The highest BCUT2D eigenvalue weighted by Gasteiger charge is 2.53. The number of ether oxygens (including phenoxy) is 1. The number of nitrogens with zero attached hydrogens (tertiary/aromatic N) is 1. The molecule has 142 valence electrons. The van der Waals surface area contributed by atoms with Crippen LogP contribution in [0.2, 0.25) is 0 Å². The lowest BCUT2D eigenvalue weighted by molar-refractivity contribution is -0.144. The van der Waals surface area contributed by atoms with Crippen molar-refractivity contribution in [1.82, 2.24) is 4.98 Å². The van der Waals surface area contributed by atoms with Gasteiger partial charge >= 0.3 is 5.97 Å². The minimum absolute atomic E-state index is 0.0386. The summed E-state index contributed by atoms with van der Waals surface area (Å²) in [7, 11) is 0. The molecule has 3 aliphatic rings. The first kappa shape index (κ1) is 19.6. The first-order valence-corrected chi connectivity index (χ1v) is 10.9. The number of pyridine rings is 1. The molecule has 3 fully saturated rings. The molecule has 1 aromatic rings. The Kier molecular flexibility index (Phi) is 6.55. The van der Waals surface area contributed by atoms with Gasteiger partial charge in [0, 0.05) is 16.6 Å². The maximum atomic E-state index is 12.3. The van der Waals surface area contributed by atoms with Crippen molar-refractivity contribution in [1.29, 1.82) is 0 Å². The SMILES string of the molecule is CC.CC1OC(=O)[C@@H]2CC3CCCCC3C(/C=C/c3ccc(Br)cn3)C12. The Morgan fingerprint density at radius 2 is 2.00 bits per heavy atom. The molecule has 0 amide bonds. The molecule has 2 heterocycles. The van der Waals surface area contributed by atoms with Crippen molar-refractivity contribution in [2.45, 2.75) is 59.0 Å². The summed E-state index contributed by atoms with van der Waals surface area (Å²) in [6.45, 7) is 6.07. The van der Waals surface area contributed by atoms with Gasteiger partial charge in [0.2, 0.25) is 0 Å². The number of hydrogen-bond acceptors (Lipinski definition) is 3. The molecule has 5 unspecified atom stereocenters. The van der Waals surface area contributed by atoms with Crippen molar-refractivity contribution < 1.29 is 9.53 Å². The van der Waals surface area contributed by atoms with Crippen LogP contribution in [0.1, 0.15) is 58.6 Å². The van der Waals surface area contributed by atoms with Crippen molar-refractivity contribution in [3.8, 4) is 0 Å². The standard InChI is InChI=1S/C20H24BrNO2.C2H6/c1-12-19-17(9-8-15-7-6-14(21)11-22-15)16-5-3-2-4-13(16)10-18(19)20(23)24-12;1-2/h6-9,11-13,16-19H,2-5,10H2,1H3;1-2H3/b9-8+;/t12?,13?,16?,17?,18-,19?;/m1./s1. The lowest BCUT2D eigenvalue weighted by atomic mass is 9.57. The molecule has 2 saturated carbocycles. The minimum atomic E-state index is 0.0386. The van der Waals surface area contributed by atoms with Gasteiger partial charge in [0.05, 0.1) is 11.6 Å². The summed E-state index contributed by atoms with van der Waals surface area (Å²) in [5.74, 6) is 2.29. The van der Waals surface area contributed by atoms with Gasteiger partial charge in [-0.05, 0) is 71.7 Å². The molecule has 4 rings (SSSR count). The molecule has 3 nitrogen and oxygen atoms in total. The molecular formula is C22H30BrNO2. The van der Waals surface area contributed by atoms with E-state index in [0.29, 0.717) is 23.7 Å². The fourth-order valence-corrected chi connectivity index (χ4v) is 5.52. The number of carbonyl (C=O) groups is 1. The molecule has 1 aliphatic heterocycles. The molecule has 1 saturated heterocycles. The highest BCUT2D eigenvalue weighted by atomic mass is 79.9. The van der Waals surface area contributed by atoms with Gasteiger partial charge < -0.3 is 4.74 Å². The lowest BCUT2D eigenvalue weighted by Gasteiger charge is -2.45. The Morgan fingerprint density at radius 1 is 1.23 bits per heavy atom. The molecular weight excluding hydrogens is 390 g/mol. The van der Waals surface area contributed by atoms with E-state index < -0.39 is 0 Å². The van der Waals surface area contributed by atoms with Crippen LogP contribution < -0.4 is 0 Å². The zero-order chi connectivity index (χ0) is 18.7. The molecule has 0 aromatic carbocycles. The zero-order valence-corrected chi connectivity index (χ0v) is 17.6. The minimum Gasteiger partial charge on any atom is -0.462 e. The predicted octanol–water partition coefficient (Wildman–Crippen LogP) is 5.89. The van der Waals surface area contributed by atoms with Crippen LogP contribution in [0.4, 0.5) is 0 Å². The van der Waals surface area contributed by atoms with Crippen LogP contribution in [0.25, 0.3) is 6.08 Å². The highest BCUT2D eigenvalue weighted by molar-refractivity contribution is 9.10. The van der Waals surface area contributed by atoms with Crippen LogP contribution in [-0.2, 0) is 9.53 Å². The first-order chi connectivity index (χ1) is 12.6. The van der Waals surface area contributed by atoms with E-state index in [1.54, 1.807) is 0 Å². The van der Waals surface area contributed by atoms with Crippen LogP contribution in [0.3, 0.4) is 0 Å². The summed E-state index contributed by atoms with van der Waals surface area (Å²) in [6, 6.07) is 4.05. The monoisotopic (exact) mass is 419 g/mol. The Balaban J connectivity index is 0.000000948. The Hall–Kier alpha value is -1.16. The second-order valence-electron chi connectivity index (χ2n) is 7.61. The largest absolute Gasteiger partial charge is 0.462 e. The second-order valence-corrected chi connectivity index (χ2v) is 8.52. The maximum Gasteiger partial charge on any atom is 0.309 e. The lowest BCUT2D eigenvalue weighted by Crippen LogP contribution is -2.42. The predicted molar refractivity (Wildman–Crippen MR) is 108 cm³/mol. The van der Waals surface area contributed by atoms with Crippen LogP contribution >= 0.6 is 15.9 Å². The molecule has 0 bridgehead atoms. The smallest absolute Gasteiger partial charge is 0.309 e. The topological polar surface area (TPSA) is 39.2 Å². The summed E-state index contributed by atoms with van der Waals surface area (Å²) < 4.78 is 6.61. The van der Waals surface area contributed by atoms with Gasteiger partial charge in [-0.2, -0.15) is 0 Å². The summed E-state index contributed by atoms with van der Waals surface area (Å²) in [6.07, 6.45) is 12.6. The Morgan fingerprint density at radius 3 is 2.73 bits per heavy atom. The van der Waals surface area contributed by atoms with Gasteiger partial charge in [-0.15, -0.1) is 0 Å². The Bertz CT molecular complexity index is 642. The molecule has 0 spiro atoms. The zero-order valence-electron chi connectivity index (χ0n) is 16.0. The normalized spacial score (nSPS) is 35.9. The summed E-state index contributed by atoms with van der Waals surface area (Å²) >= 11 is 3.43. The molecule has 0 N–H and O–H groups in total. The number of cyclic esters (lactones) is 1. The number of rotatable bonds is 2. The van der Waals surface area contributed by atoms with Crippen LogP contribution in [0.15, 0.2) is 28.9 Å². The number of halogens is 1. The third kappa shape index (κ3) is 3.90. The van der Waals surface area contributed by atoms with Gasteiger partial charge in [-0.1, -0.05) is 39.2 Å². The summed E-state index contributed by atoms with van der Waals surface area (Å²) in [4.78, 5) is 16.7. The van der Waals surface area contributed by atoms with Crippen LogP contribution in [0, 0.1) is 29.6 Å². The van der Waals surface area contributed by atoms with E-state index in [4.69, 9.17) is 4.74 Å². The average Bonchev–Trinajstić information content (AvgIpc) is 2.95. The molecule has 1 aromatic heterocycles. The van der Waals surface area contributed by atoms with Crippen molar-refractivity contribution >= 4 is 28.0 Å². The van der Waals surface area contributed by atoms with E-state index >= 15 is 0 Å².